The number of hydrogen-bond acceptors (Lipinski definition) is 8. The number of aliphatic hydroxyl groups is 1. The zero-order valence-corrected chi connectivity index (χ0v) is 24.3. The Morgan fingerprint density at radius 1 is 1.02 bits per heavy atom. The lowest BCUT2D eigenvalue weighted by molar-refractivity contribution is -0.135. The van der Waals surface area contributed by atoms with Crippen molar-refractivity contribution in [1.29, 1.82) is 5.26 Å². The number of halogens is 2. The van der Waals surface area contributed by atoms with Gasteiger partial charge < -0.3 is 14.7 Å². The Bertz CT molecular complexity index is 1570. The molecule has 2 aromatic carbocycles. The van der Waals surface area contributed by atoms with Crippen LogP contribution in [0.2, 0.25) is 0 Å². The Kier molecular flexibility index (Phi) is 8.91. The zero-order valence-electron chi connectivity index (χ0n) is 24.3. The molecule has 3 aliphatic heterocycles. The van der Waals surface area contributed by atoms with Crippen LogP contribution in [0.3, 0.4) is 0 Å². The Morgan fingerprint density at radius 3 is 2.43 bits per heavy atom. The third-order valence-corrected chi connectivity index (χ3v) is 8.78. The summed E-state index contributed by atoms with van der Waals surface area (Å²) in [5.74, 6) is 0.564. The number of aromatic nitrogens is 2. The summed E-state index contributed by atoms with van der Waals surface area (Å²) < 4.78 is 31.6. The number of carbonyl (C=O) groups is 1. The van der Waals surface area contributed by atoms with Crippen LogP contribution in [0.5, 0.6) is 5.75 Å². The monoisotopic (exact) mass is 600 g/mol. The standard InChI is InChI=1S/C33H34F2N6O3/c34-30(35)18-40-11-7-22(8-12-40)21-1-3-23(4-2-21)27-16-28-33(39-27)32(38-20-37-28)24-5-6-29(25(15-24)17-36)44-26-9-13-41(14-10-26)31(43)19-42/h1-6,15,20,22,26,30,42H,7-14,16,18-19H2. The van der Waals surface area contributed by atoms with Gasteiger partial charge in [-0.2, -0.15) is 5.26 Å². The molecular formula is C33H34F2N6O3. The van der Waals surface area contributed by atoms with E-state index < -0.39 is 13.0 Å². The molecule has 4 heterocycles. The first-order valence-corrected chi connectivity index (χ1v) is 15.0. The van der Waals surface area contributed by atoms with Gasteiger partial charge >= 0.3 is 0 Å². The van der Waals surface area contributed by atoms with Gasteiger partial charge in [-0.1, -0.05) is 24.3 Å². The second-order valence-electron chi connectivity index (χ2n) is 11.5. The summed E-state index contributed by atoms with van der Waals surface area (Å²) in [5, 5.41) is 19.0. The van der Waals surface area contributed by atoms with E-state index in [0.717, 1.165) is 35.4 Å². The van der Waals surface area contributed by atoms with E-state index in [1.54, 1.807) is 17.0 Å². The topological polar surface area (TPSA) is 115 Å². The maximum Gasteiger partial charge on any atom is 0.251 e. The zero-order chi connectivity index (χ0) is 30.6. The number of aliphatic hydroxyl groups excluding tert-OH is 1. The molecule has 0 atom stereocenters. The minimum Gasteiger partial charge on any atom is -0.489 e. The number of carbonyl (C=O) groups excluding carboxylic acids is 1. The van der Waals surface area contributed by atoms with Crippen molar-refractivity contribution in [1.82, 2.24) is 19.8 Å². The lowest BCUT2D eigenvalue weighted by atomic mass is 9.88. The van der Waals surface area contributed by atoms with Gasteiger partial charge in [-0.3, -0.25) is 9.69 Å². The number of nitriles is 1. The van der Waals surface area contributed by atoms with Gasteiger partial charge in [0.1, 0.15) is 36.5 Å². The van der Waals surface area contributed by atoms with Crippen molar-refractivity contribution in [3.8, 4) is 23.1 Å². The van der Waals surface area contributed by atoms with Gasteiger partial charge in [0.2, 0.25) is 5.91 Å². The third-order valence-electron chi connectivity index (χ3n) is 8.78. The predicted octanol–water partition coefficient (Wildman–Crippen LogP) is 4.50. The summed E-state index contributed by atoms with van der Waals surface area (Å²) in [4.78, 5) is 29.1. The molecule has 11 heteroatoms. The van der Waals surface area contributed by atoms with Crippen LogP contribution >= 0.6 is 0 Å². The molecule has 6 rings (SSSR count). The van der Waals surface area contributed by atoms with Crippen molar-refractivity contribution in [2.24, 2.45) is 4.99 Å². The number of ether oxygens (including phenoxy) is 1. The van der Waals surface area contributed by atoms with Gasteiger partial charge in [0.15, 0.2) is 0 Å². The van der Waals surface area contributed by atoms with E-state index in [9.17, 15) is 18.8 Å². The first-order chi connectivity index (χ1) is 21.4. The van der Waals surface area contributed by atoms with E-state index in [2.05, 4.69) is 40.3 Å². The summed E-state index contributed by atoms with van der Waals surface area (Å²) in [6, 6.07) is 16.0. The fraction of sp³-hybridized carbons (Fsp3) is 0.424. The SMILES string of the molecule is N#Cc1cc(-c2ncnc3c2N=C(c2ccc(C4CCN(CC(F)F)CC4)cc2)C3)ccc1OC1CCN(C(=O)CO)CC1. The number of alkyl halides is 2. The number of fused-ring (bicyclic) bond motifs is 1. The number of rotatable bonds is 8. The first kappa shape index (κ1) is 29.8. The average molecular weight is 601 g/mol. The molecule has 0 bridgehead atoms. The fourth-order valence-electron chi connectivity index (χ4n) is 6.33. The highest BCUT2D eigenvalue weighted by Crippen LogP contribution is 2.38. The molecule has 3 aromatic rings. The van der Waals surface area contributed by atoms with Crippen molar-refractivity contribution in [2.45, 2.75) is 50.6 Å². The summed E-state index contributed by atoms with van der Waals surface area (Å²) in [5.41, 5.74) is 6.41. The van der Waals surface area contributed by atoms with Gasteiger partial charge in [0.05, 0.1) is 29.2 Å². The summed E-state index contributed by atoms with van der Waals surface area (Å²) in [6.07, 6.45) is 2.66. The molecule has 0 spiro atoms. The smallest absolute Gasteiger partial charge is 0.251 e. The van der Waals surface area contributed by atoms with Gasteiger partial charge in [-0.15, -0.1) is 0 Å². The highest BCUT2D eigenvalue weighted by atomic mass is 19.3. The fourth-order valence-corrected chi connectivity index (χ4v) is 6.33. The molecule has 0 unspecified atom stereocenters. The average Bonchev–Trinajstić information content (AvgIpc) is 3.50. The molecule has 2 fully saturated rings. The number of nitrogens with zero attached hydrogens (tertiary/aromatic N) is 6. The quantitative estimate of drug-likeness (QED) is 0.405. The Morgan fingerprint density at radius 2 is 1.75 bits per heavy atom. The molecular weight excluding hydrogens is 566 g/mol. The number of likely N-dealkylation sites (tertiary alicyclic amines) is 2. The molecule has 228 valence electrons. The molecule has 0 radical (unpaired) electrons. The van der Waals surface area contributed by atoms with E-state index in [-0.39, 0.29) is 18.6 Å². The molecule has 1 aromatic heterocycles. The van der Waals surface area contributed by atoms with E-state index in [0.29, 0.717) is 74.1 Å². The van der Waals surface area contributed by atoms with Crippen molar-refractivity contribution in [2.75, 3.05) is 39.3 Å². The molecule has 9 nitrogen and oxygen atoms in total. The van der Waals surface area contributed by atoms with E-state index in [1.807, 2.05) is 11.0 Å². The number of benzene rings is 2. The molecule has 3 aliphatic rings. The summed E-state index contributed by atoms with van der Waals surface area (Å²) in [7, 11) is 0. The molecule has 0 aliphatic carbocycles. The Labute approximate surface area is 254 Å². The maximum absolute atomic E-state index is 12.7. The van der Waals surface area contributed by atoms with Crippen LogP contribution in [0, 0.1) is 11.3 Å². The number of amides is 1. The summed E-state index contributed by atoms with van der Waals surface area (Å²) in [6.45, 7) is 1.74. The van der Waals surface area contributed by atoms with Crippen LogP contribution in [0.25, 0.3) is 11.3 Å². The van der Waals surface area contributed by atoms with Gasteiger partial charge in [-0.05, 0) is 61.2 Å². The molecule has 44 heavy (non-hydrogen) atoms. The molecule has 2 saturated heterocycles. The highest BCUT2D eigenvalue weighted by Gasteiger charge is 2.27. The van der Waals surface area contributed by atoms with Crippen LogP contribution < -0.4 is 4.74 Å². The predicted molar refractivity (Wildman–Crippen MR) is 160 cm³/mol. The van der Waals surface area contributed by atoms with E-state index >= 15 is 0 Å². The number of aliphatic imine (C=N–C) groups is 1. The highest BCUT2D eigenvalue weighted by molar-refractivity contribution is 6.07. The number of piperidine rings is 2. The molecule has 1 amide bonds. The number of hydrogen-bond donors (Lipinski definition) is 1. The van der Waals surface area contributed by atoms with Gasteiger partial charge in [0.25, 0.3) is 6.43 Å². The normalized spacial score (nSPS) is 17.8. The van der Waals surface area contributed by atoms with Gasteiger partial charge in [0, 0.05) is 37.9 Å². The Hall–Kier alpha value is -4.27. The van der Waals surface area contributed by atoms with Crippen molar-refractivity contribution in [3.63, 3.8) is 0 Å². The minimum absolute atomic E-state index is 0.129. The van der Waals surface area contributed by atoms with Crippen molar-refractivity contribution >= 4 is 17.3 Å². The van der Waals surface area contributed by atoms with Crippen molar-refractivity contribution < 1.29 is 23.4 Å². The van der Waals surface area contributed by atoms with Crippen LogP contribution in [0.15, 0.2) is 53.8 Å². The summed E-state index contributed by atoms with van der Waals surface area (Å²) >= 11 is 0. The molecule has 1 N–H and O–H groups in total. The first-order valence-electron chi connectivity index (χ1n) is 15.0. The van der Waals surface area contributed by atoms with Gasteiger partial charge in [-0.25, -0.2) is 23.7 Å². The van der Waals surface area contributed by atoms with E-state index in [1.165, 1.54) is 11.9 Å². The van der Waals surface area contributed by atoms with Crippen LogP contribution in [-0.2, 0) is 11.2 Å². The van der Waals surface area contributed by atoms with Crippen LogP contribution in [0.1, 0.15) is 54.0 Å². The minimum atomic E-state index is -2.29. The second kappa shape index (κ2) is 13.2. The third kappa shape index (κ3) is 6.47. The largest absolute Gasteiger partial charge is 0.489 e. The van der Waals surface area contributed by atoms with E-state index in [4.69, 9.17) is 14.8 Å². The van der Waals surface area contributed by atoms with Crippen LogP contribution in [0.4, 0.5) is 14.5 Å². The Balaban J connectivity index is 1.14. The van der Waals surface area contributed by atoms with Crippen molar-refractivity contribution in [3.05, 3.63) is 71.2 Å². The lowest BCUT2D eigenvalue weighted by Gasteiger charge is -2.32. The molecule has 0 saturated carbocycles. The maximum atomic E-state index is 12.7. The second-order valence-corrected chi connectivity index (χ2v) is 11.5. The van der Waals surface area contributed by atoms with Crippen LogP contribution in [-0.4, -0.2) is 88.4 Å². The lowest BCUT2D eigenvalue weighted by Crippen LogP contribution is -2.42.